The molecule has 0 aliphatic rings. The van der Waals surface area contributed by atoms with Crippen molar-refractivity contribution in [3.05, 3.63) is 64.1 Å². The number of Topliss-reactive ketones (excluding diaryl/α,β-unsaturated/α-hetero) is 1. The molecule has 2 rings (SSSR count). The summed E-state index contributed by atoms with van der Waals surface area (Å²) < 4.78 is 0. The lowest BCUT2D eigenvalue weighted by atomic mass is 9.90. The zero-order chi connectivity index (χ0) is 17.7. The molecular formula is C19H20Cl2N2O. The summed E-state index contributed by atoms with van der Waals surface area (Å²) in [6.07, 6.45) is 0. The molecule has 24 heavy (non-hydrogen) atoms. The molecule has 0 saturated heterocycles. The number of carbonyl (C=O) groups is 1. The van der Waals surface area contributed by atoms with E-state index in [1.54, 1.807) is 12.1 Å². The summed E-state index contributed by atoms with van der Waals surface area (Å²) in [5.74, 6) is 0.284. The first-order chi connectivity index (χ1) is 11.3. The van der Waals surface area contributed by atoms with E-state index in [-0.39, 0.29) is 5.78 Å². The molecule has 0 saturated carbocycles. The van der Waals surface area contributed by atoms with E-state index < -0.39 is 5.41 Å². The third-order valence-corrected chi connectivity index (χ3v) is 3.84. The fourth-order valence-corrected chi connectivity index (χ4v) is 2.21. The summed E-state index contributed by atoms with van der Waals surface area (Å²) in [5, 5.41) is 4.43. The molecule has 0 amide bonds. The summed E-state index contributed by atoms with van der Waals surface area (Å²) in [6, 6.07) is 14.6. The Morgan fingerprint density at radius 1 is 0.958 bits per heavy atom. The Labute approximate surface area is 152 Å². The normalized spacial score (nSPS) is 12.1. The topological polar surface area (TPSA) is 41.5 Å². The third-order valence-electron chi connectivity index (χ3n) is 3.34. The largest absolute Gasteiger partial charge is 0.338 e. The number of ketones is 1. The Hall–Kier alpha value is -1.84. The number of nitrogens with one attached hydrogen (secondary N) is 1. The molecule has 0 aliphatic carbocycles. The first kappa shape index (κ1) is 18.5. The number of benzene rings is 2. The molecule has 0 radical (unpaired) electrons. The molecule has 1 N–H and O–H groups in total. The van der Waals surface area contributed by atoms with Gasteiger partial charge in [0, 0.05) is 21.1 Å². The molecule has 0 aliphatic heterocycles. The predicted molar refractivity (Wildman–Crippen MR) is 102 cm³/mol. The van der Waals surface area contributed by atoms with E-state index in [2.05, 4.69) is 10.3 Å². The summed E-state index contributed by atoms with van der Waals surface area (Å²) in [5.41, 5.74) is 1.22. The van der Waals surface area contributed by atoms with Gasteiger partial charge in [0.15, 0.2) is 5.84 Å². The molecule has 3 nitrogen and oxygen atoms in total. The van der Waals surface area contributed by atoms with Crippen LogP contribution in [0.3, 0.4) is 0 Å². The number of aliphatic imine (C=N–C) groups is 1. The molecule has 0 spiro atoms. The van der Waals surface area contributed by atoms with E-state index in [9.17, 15) is 4.79 Å². The second-order valence-electron chi connectivity index (χ2n) is 6.50. The van der Waals surface area contributed by atoms with Crippen molar-refractivity contribution in [3.8, 4) is 0 Å². The fourth-order valence-electron chi connectivity index (χ4n) is 1.95. The minimum atomic E-state index is -0.530. The van der Waals surface area contributed by atoms with E-state index in [1.165, 1.54) is 0 Å². The van der Waals surface area contributed by atoms with Gasteiger partial charge in [-0.3, -0.25) is 9.79 Å². The van der Waals surface area contributed by atoms with Crippen molar-refractivity contribution in [2.45, 2.75) is 27.3 Å². The van der Waals surface area contributed by atoms with Crippen LogP contribution in [0.15, 0.2) is 53.5 Å². The molecule has 5 heteroatoms. The van der Waals surface area contributed by atoms with E-state index in [0.717, 1.165) is 11.3 Å². The van der Waals surface area contributed by atoms with Crippen LogP contribution < -0.4 is 5.32 Å². The van der Waals surface area contributed by atoms with Crippen LogP contribution in [0, 0.1) is 5.41 Å². The van der Waals surface area contributed by atoms with Crippen LogP contribution in [-0.4, -0.2) is 11.6 Å². The zero-order valence-electron chi connectivity index (χ0n) is 13.9. The van der Waals surface area contributed by atoms with E-state index in [4.69, 9.17) is 23.2 Å². The van der Waals surface area contributed by atoms with Crippen LogP contribution in [0.5, 0.6) is 0 Å². The molecule has 0 atom stereocenters. The van der Waals surface area contributed by atoms with Crippen molar-refractivity contribution < 1.29 is 4.79 Å². The van der Waals surface area contributed by atoms with Crippen molar-refractivity contribution in [2.75, 3.05) is 5.32 Å². The van der Waals surface area contributed by atoms with Crippen molar-refractivity contribution in [2.24, 2.45) is 10.4 Å². The summed E-state index contributed by atoms with van der Waals surface area (Å²) in [4.78, 5) is 17.2. The standard InChI is InChI=1S/C19H20Cl2N2O/c1-19(2,3)17(24)18(23-16-10-8-15(21)9-11-16)22-12-13-4-6-14(20)7-5-13/h4-11H,12H2,1-3H3,(H,22,23). The Balaban J connectivity index is 2.24. The van der Waals surface area contributed by atoms with E-state index in [1.807, 2.05) is 57.2 Å². The average Bonchev–Trinajstić information content (AvgIpc) is 2.53. The lowest BCUT2D eigenvalue weighted by Gasteiger charge is -2.19. The van der Waals surface area contributed by atoms with Crippen molar-refractivity contribution >= 4 is 40.5 Å². The number of nitrogens with zero attached hydrogens (tertiary/aromatic N) is 1. The Morgan fingerprint density at radius 3 is 1.96 bits per heavy atom. The van der Waals surface area contributed by atoms with E-state index >= 15 is 0 Å². The number of hydrogen-bond acceptors (Lipinski definition) is 2. The maximum Gasteiger partial charge on any atom is 0.202 e. The number of anilines is 1. The van der Waals surface area contributed by atoms with Crippen LogP contribution in [-0.2, 0) is 11.3 Å². The summed E-state index contributed by atoms with van der Waals surface area (Å²) >= 11 is 11.8. The summed E-state index contributed by atoms with van der Waals surface area (Å²) in [6.45, 7) is 6.01. The number of rotatable bonds is 4. The van der Waals surface area contributed by atoms with Gasteiger partial charge in [-0.1, -0.05) is 56.1 Å². The quantitative estimate of drug-likeness (QED) is 0.566. The molecule has 0 fully saturated rings. The Bertz CT molecular complexity index is 729. The van der Waals surface area contributed by atoms with Gasteiger partial charge in [0.1, 0.15) is 0 Å². The molecule has 0 unspecified atom stereocenters. The summed E-state index contributed by atoms with van der Waals surface area (Å²) in [7, 11) is 0. The monoisotopic (exact) mass is 362 g/mol. The molecule has 0 bridgehead atoms. The van der Waals surface area contributed by atoms with Crippen molar-refractivity contribution in [3.63, 3.8) is 0 Å². The lowest BCUT2D eigenvalue weighted by molar-refractivity contribution is -0.119. The molecule has 0 aromatic heterocycles. The third kappa shape index (κ3) is 5.36. The molecule has 2 aromatic rings. The number of carbonyl (C=O) groups excluding carboxylic acids is 1. The zero-order valence-corrected chi connectivity index (χ0v) is 15.4. The highest BCUT2D eigenvalue weighted by Crippen LogP contribution is 2.19. The van der Waals surface area contributed by atoms with E-state index in [0.29, 0.717) is 22.4 Å². The first-order valence-corrected chi connectivity index (χ1v) is 8.37. The van der Waals surface area contributed by atoms with Gasteiger partial charge in [-0.25, -0.2) is 0 Å². The molecular weight excluding hydrogens is 343 g/mol. The highest BCUT2D eigenvalue weighted by atomic mass is 35.5. The first-order valence-electron chi connectivity index (χ1n) is 7.62. The highest BCUT2D eigenvalue weighted by molar-refractivity contribution is 6.44. The lowest BCUT2D eigenvalue weighted by Crippen LogP contribution is -2.33. The van der Waals surface area contributed by atoms with Gasteiger partial charge in [0.2, 0.25) is 5.78 Å². The van der Waals surface area contributed by atoms with Crippen LogP contribution >= 0.6 is 23.2 Å². The van der Waals surface area contributed by atoms with Gasteiger partial charge >= 0.3 is 0 Å². The number of amidine groups is 1. The van der Waals surface area contributed by atoms with Crippen LogP contribution in [0.1, 0.15) is 26.3 Å². The van der Waals surface area contributed by atoms with Gasteiger partial charge in [0.05, 0.1) is 6.54 Å². The second-order valence-corrected chi connectivity index (χ2v) is 7.38. The molecule has 2 aromatic carbocycles. The van der Waals surface area contributed by atoms with Gasteiger partial charge in [-0.2, -0.15) is 0 Å². The smallest absolute Gasteiger partial charge is 0.202 e. The van der Waals surface area contributed by atoms with Crippen molar-refractivity contribution in [1.29, 1.82) is 0 Å². The van der Waals surface area contributed by atoms with Gasteiger partial charge in [-0.15, -0.1) is 0 Å². The number of hydrogen-bond donors (Lipinski definition) is 1. The highest BCUT2D eigenvalue weighted by Gasteiger charge is 2.26. The minimum Gasteiger partial charge on any atom is -0.338 e. The minimum absolute atomic E-state index is 0.0496. The van der Waals surface area contributed by atoms with Crippen LogP contribution in [0.4, 0.5) is 5.69 Å². The van der Waals surface area contributed by atoms with Gasteiger partial charge in [-0.05, 0) is 42.0 Å². The molecule has 126 valence electrons. The van der Waals surface area contributed by atoms with Gasteiger partial charge in [0.25, 0.3) is 0 Å². The Morgan fingerprint density at radius 2 is 1.46 bits per heavy atom. The SMILES string of the molecule is CC(C)(C)C(=O)C(=NCc1ccc(Cl)cc1)Nc1ccc(Cl)cc1. The van der Waals surface area contributed by atoms with Crippen LogP contribution in [0.2, 0.25) is 10.0 Å². The predicted octanol–water partition coefficient (Wildman–Crippen LogP) is 5.62. The van der Waals surface area contributed by atoms with Crippen molar-refractivity contribution in [1.82, 2.24) is 0 Å². The average molecular weight is 363 g/mol. The second kappa shape index (κ2) is 7.82. The maximum absolute atomic E-state index is 12.7. The fraction of sp³-hybridized carbons (Fsp3) is 0.263. The van der Waals surface area contributed by atoms with Crippen LogP contribution in [0.25, 0.3) is 0 Å². The maximum atomic E-state index is 12.7. The van der Waals surface area contributed by atoms with Gasteiger partial charge < -0.3 is 5.32 Å². The molecule has 0 heterocycles. The Kier molecular flexibility index (Phi) is 6.03. The number of halogens is 2.